The third-order valence-corrected chi connectivity index (χ3v) is 3.14. The Kier molecular flexibility index (Phi) is 9.12. The van der Waals surface area contributed by atoms with Crippen molar-refractivity contribution in [1.82, 2.24) is 10.6 Å². The lowest BCUT2D eigenvalue weighted by atomic mass is 10.1. The van der Waals surface area contributed by atoms with Gasteiger partial charge in [0.25, 0.3) is 5.91 Å². The normalized spacial score (nSPS) is 9.84. The molecule has 0 spiro atoms. The minimum Gasteiger partial charge on any atom is -0.466 e. The molecule has 0 fully saturated rings. The maximum absolute atomic E-state index is 12.0. The number of carbonyl (C=O) groups is 3. The van der Waals surface area contributed by atoms with E-state index in [-0.39, 0.29) is 43.6 Å². The molecule has 0 bridgehead atoms. The molecule has 0 aliphatic rings. The van der Waals surface area contributed by atoms with Gasteiger partial charge in [-0.25, -0.2) is 0 Å². The number of aliphatic hydroxyl groups excluding tert-OH is 1. The quantitative estimate of drug-likeness (QED) is 0.392. The zero-order chi connectivity index (χ0) is 18.7. The highest BCUT2D eigenvalue weighted by Gasteiger charge is 2.13. The van der Waals surface area contributed by atoms with Crippen molar-refractivity contribution >= 4 is 40.8 Å². The van der Waals surface area contributed by atoms with Gasteiger partial charge < -0.3 is 25.8 Å². The number of ether oxygens (including phenoxy) is 1. The third kappa shape index (κ3) is 7.73. The van der Waals surface area contributed by atoms with Crippen LogP contribution in [0.5, 0.6) is 0 Å². The van der Waals surface area contributed by atoms with E-state index < -0.39 is 11.9 Å². The molecule has 2 amide bonds. The van der Waals surface area contributed by atoms with Gasteiger partial charge in [-0.2, -0.15) is 0 Å². The van der Waals surface area contributed by atoms with Crippen molar-refractivity contribution in [2.75, 3.05) is 25.1 Å². The van der Waals surface area contributed by atoms with Crippen LogP contribution in [0.25, 0.3) is 0 Å². The molecule has 0 unspecified atom stereocenters. The lowest BCUT2D eigenvalue weighted by Gasteiger charge is -2.13. The average Bonchev–Trinajstić information content (AvgIpc) is 2.58. The molecule has 0 aliphatic heterocycles. The number of aliphatic hydroxyl groups is 1. The Balaban J connectivity index is 2.58. The van der Waals surface area contributed by atoms with Gasteiger partial charge in [-0.1, -0.05) is 12.1 Å². The maximum Gasteiger partial charge on any atom is 0.306 e. The summed E-state index contributed by atoms with van der Waals surface area (Å²) in [6.07, 6.45) is -0.0955. The number of rotatable bonds is 8. The van der Waals surface area contributed by atoms with E-state index in [1.807, 2.05) is 0 Å². The number of benzene rings is 1. The monoisotopic (exact) mass is 367 g/mol. The Bertz CT molecular complexity index is 636. The molecule has 1 aromatic carbocycles. The van der Waals surface area contributed by atoms with Gasteiger partial charge in [-0.15, -0.1) is 0 Å². The Morgan fingerprint density at radius 2 is 1.92 bits per heavy atom. The largest absolute Gasteiger partial charge is 0.466 e. The Labute approximate surface area is 150 Å². The molecule has 4 N–H and O–H groups in total. The molecule has 136 valence electrons. The second-order valence-electron chi connectivity index (χ2n) is 4.83. The van der Waals surface area contributed by atoms with Crippen LogP contribution in [0, 0.1) is 0 Å². The minimum absolute atomic E-state index is 0.0104. The third-order valence-electron chi connectivity index (χ3n) is 2.93. The molecular weight excluding hydrogens is 346 g/mol. The van der Waals surface area contributed by atoms with Crippen LogP contribution in [0.1, 0.15) is 30.1 Å². The number of hydrogen-bond acceptors (Lipinski definition) is 6. The molecular formula is C16H21N3O5S. The number of esters is 1. The first kappa shape index (κ1) is 20.5. The second-order valence-corrected chi connectivity index (χ2v) is 5.24. The molecule has 1 aromatic rings. The Morgan fingerprint density at radius 1 is 1.20 bits per heavy atom. The minimum atomic E-state index is -0.456. The van der Waals surface area contributed by atoms with Crippen LogP contribution in [0.3, 0.4) is 0 Å². The van der Waals surface area contributed by atoms with Gasteiger partial charge in [-0.05, 0) is 31.3 Å². The molecule has 1 rings (SSSR count). The number of hydrogen-bond donors (Lipinski definition) is 4. The number of carbonyl (C=O) groups excluding carboxylic acids is 3. The highest BCUT2D eigenvalue weighted by molar-refractivity contribution is 7.80. The maximum atomic E-state index is 12.0. The van der Waals surface area contributed by atoms with Crippen LogP contribution in [0.15, 0.2) is 24.3 Å². The van der Waals surface area contributed by atoms with Crippen molar-refractivity contribution in [1.29, 1.82) is 0 Å². The van der Waals surface area contributed by atoms with Crippen LogP contribution < -0.4 is 16.0 Å². The first-order valence-electron chi connectivity index (χ1n) is 7.72. The summed E-state index contributed by atoms with van der Waals surface area (Å²) >= 11 is 5.05. The number of nitrogens with one attached hydrogen (secondary N) is 3. The topological polar surface area (TPSA) is 117 Å². The fourth-order valence-corrected chi connectivity index (χ4v) is 2.07. The Morgan fingerprint density at radius 3 is 2.60 bits per heavy atom. The van der Waals surface area contributed by atoms with E-state index in [9.17, 15) is 14.4 Å². The number of anilines is 1. The first-order chi connectivity index (χ1) is 12.0. The second kappa shape index (κ2) is 11.1. The average molecular weight is 367 g/mol. The standard InChI is InChI=1S/C16H21N3O5S/c1-2-24-14(22)8-7-13(21)19-16(25)18-12-6-4-3-5-11(12)15(23)17-9-10-20/h3-6,20H,2,7-10H2,1H3,(H,17,23)(H2,18,19,21,25). The van der Waals surface area contributed by atoms with Gasteiger partial charge in [-0.3, -0.25) is 14.4 Å². The molecule has 9 heteroatoms. The fraction of sp³-hybridized carbons (Fsp3) is 0.375. The summed E-state index contributed by atoms with van der Waals surface area (Å²) in [6.45, 7) is 1.90. The van der Waals surface area contributed by atoms with Gasteiger partial charge in [0.05, 0.1) is 30.9 Å². The number of amides is 2. The van der Waals surface area contributed by atoms with Crippen LogP contribution in [-0.4, -0.2) is 47.8 Å². The molecule has 0 saturated heterocycles. The summed E-state index contributed by atoms with van der Waals surface area (Å²) in [5.41, 5.74) is 0.729. The van der Waals surface area contributed by atoms with Gasteiger partial charge in [0.2, 0.25) is 5.91 Å². The lowest BCUT2D eigenvalue weighted by molar-refractivity contribution is -0.144. The van der Waals surface area contributed by atoms with E-state index in [2.05, 4.69) is 16.0 Å². The Hall–Kier alpha value is -2.52. The molecule has 0 aliphatic carbocycles. The zero-order valence-electron chi connectivity index (χ0n) is 13.8. The van der Waals surface area contributed by atoms with E-state index in [0.717, 1.165) is 0 Å². The molecule has 0 heterocycles. The summed E-state index contributed by atoms with van der Waals surface area (Å²) in [5, 5.41) is 16.5. The number of para-hydroxylation sites is 1. The van der Waals surface area contributed by atoms with Gasteiger partial charge in [0, 0.05) is 13.0 Å². The van der Waals surface area contributed by atoms with Crippen LogP contribution in [0.4, 0.5) is 5.69 Å². The van der Waals surface area contributed by atoms with Crippen LogP contribution in [0.2, 0.25) is 0 Å². The van der Waals surface area contributed by atoms with E-state index in [1.165, 1.54) is 0 Å². The molecule has 8 nitrogen and oxygen atoms in total. The van der Waals surface area contributed by atoms with E-state index in [1.54, 1.807) is 31.2 Å². The predicted octanol–water partition coefficient (Wildman–Crippen LogP) is 0.565. The summed E-state index contributed by atoms with van der Waals surface area (Å²) < 4.78 is 4.74. The highest BCUT2D eigenvalue weighted by atomic mass is 32.1. The van der Waals surface area contributed by atoms with Gasteiger partial charge >= 0.3 is 5.97 Å². The van der Waals surface area contributed by atoms with Crippen molar-refractivity contribution in [3.8, 4) is 0 Å². The van der Waals surface area contributed by atoms with E-state index >= 15 is 0 Å². The smallest absolute Gasteiger partial charge is 0.306 e. The fourth-order valence-electron chi connectivity index (χ4n) is 1.85. The zero-order valence-corrected chi connectivity index (χ0v) is 14.6. The highest BCUT2D eigenvalue weighted by Crippen LogP contribution is 2.14. The lowest BCUT2D eigenvalue weighted by Crippen LogP contribution is -2.35. The molecule has 0 atom stereocenters. The molecule has 25 heavy (non-hydrogen) atoms. The summed E-state index contributed by atoms with van der Waals surface area (Å²) in [7, 11) is 0. The van der Waals surface area contributed by atoms with Crippen molar-refractivity contribution in [2.45, 2.75) is 19.8 Å². The van der Waals surface area contributed by atoms with E-state index in [4.69, 9.17) is 22.1 Å². The molecule has 0 aromatic heterocycles. The van der Waals surface area contributed by atoms with Crippen LogP contribution in [-0.2, 0) is 14.3 Å². The summed E-state index contributed by atoms with van der Waals surface area (Å²) in [6, 6.07) is 6.60. The van der Waals surface area contributed by atoms with Crippen molar-refractivity contribution in [2.24, 2.45) is 0 Å². The summed E-state index contributed by atoms with van der Waals surface area (Å²) in [5.74, 6) is -1.27. The SMILES string of the molecule is CCOC(=O)CCC(=O)NC(=S)Nc1ccccc1C(=O)NCCO. The van der Waals surface area contributed by atoms with Crippen molar-refractivity contribution in [3.05, 3.63) is 29.8 Å². The van der Waals surface area contributed by atoms with Crippen molar-refractivity contribution in [3.63, 3.8) is 0 Å². The predicted molar refractivity (Wildman–Crippen MR) is 96.1 cm³/mol. The molecule has 0 saturated carbocycles. The van der Waals surface area contributed by atoms with Gasteiger partial charge in [0.1, 0.15) is 0 Å². The molecule has 0 radical (unpaired) electrons. The first-order valence-corrected chi connectivity index (χ1v) is 8.13. The number of thiocarbonyl (C=S) groups is 1. The van der Waals surface area contributed by atoms with E-state index in [0.29, 0.717) is 11.3 Å². The van der Waals surface area contributed by atoms with Crippen LogP contribution >= 0.6 is 12.2 Å². The summed E-state index contributed by atoms with van der Waals surface area (Å²) in [4.78, 5) is 35.0. The van der Waals surface area contributed by atoms with Gasteiger partial charge in [0.15, 0.2) is 5.11 Å². The van der Waals surface area contributed by atoms with Crippen molar-refractivity contribution < 1.29 is 24.2 Å².